The van der Waals surface area contributed by atoms with E-state index in [1.165, 1.54) is 6.21 Å². The number of carbonyl (C=O) groups excluding carboxylic acids is 2. The molecule has 0 unspecified atom stereocenters. The number of hydrazone groups is 1. The minimum Gasteiger partial charge on any atom is -0.343 e. The molecule has 8 heteroatoms. The molecule has 2 aromatic carbocycles. The van der Waals surface area contributed by atoms with Crippen LogP contribution in [0.2, 0.25) is 15.1 Å². The van der Waals surface area contributed by atoms with E-state index in [0.717, 1.165) is 0 Å². The fraction of sp³-hybridized carbons (Fsp3) is 0.0625. The molecule has 0 radical (unpaired) electrons. The topological polar surface area (TPSA) is 70.6 Å². The molecule has 124 valence electrons. The monoisotopic (exact) mass is 383 g/mol. The highest BCUT2D eigenvalue weighted by Crippen LogP contribution is 2.21. The van der Waals surface area contributed by atoms with Crippen molar-refractivity contribution in [1.82, 2.24) is 10.7 Å². The van der Waals surface area contributed by atoms with Gasteiger partial charge in [-0.15, -0.1) is 0 Å². The molecule has 0 atom stereocenters. The Morgan fingerprint density at radius 1 is 0.958 bits per heavy atom. The summed E-state index contributed by atoms with van der Waals surface area (Å²) in [6.45, 7) is -0.252. The van der Waals surface area contributed by atoms with Crippen molar-refractivity contribution in [3.8, 4) is 0 Å². The van der Waals surface area contributed by atoms with Crippen molar-refractivity contribution in [3.05, 3.63) is 68.7 Å². The van der Waals surface area contributed by atoms with Crippen molar-refractivity contribution in [2.75, 3.05) is 6.54 Å². The van der Waals surface area contributed by atoms with Crippen molar-refractivity contribution < 1.29 is 9.59 Å². The highest BCUT2D eigenvalue weighted by atomic mass is 35.5. The van der Waals surface area contributed by atoms with E-state index in [2.05, 4.69) is 15.8 Å². The lowest BCUT2D eigenvalue weighted by Crippen LogP contribution is -2.35. The Hall–Kier alpha value is -2.08. The van der Waals surface area contributed by atoms with E-state index < -0.39 is 11.8 Å². The smallest absolute Gasteiger partial charge is 0.259 e. The predicted molar refractivity (Wildman–Crippen MR) is 96.0 cm³/mol. The molecule has 5 nitrogen and oxygen atoms in total. The third kappa shape index (κ3) is 4.96. The standard InChI is InChI=1S/C16H12Cl3N3O2/c17-12-5-2-1-4-10(12)16(24)20-9-15(23)22-21-8-11-13(18)6-3-7-14(11)19/h1-8H,9H2,(H,20,24)(H,22,23)/b21-8+. The molecule has 0 spiro atoms. The van der Waals surface area contributed by atoms with Crippen LogP contribution in [0.25, 0.3) is 0 Å². The average molecular weight is 385 g/mol. The Balaban J connectivity index is 1.87. The molecule has 0 aliphatic rings. The van der Waals surface area contributed by atoms with E-state index in [-0.39, 0.29) is 6.54 Å². The molecule has 0 fully saturated rings. The molecule has 2 amide bonds. The Morgan fingerprint density at radius 2 is 1.58 bits per heavy atom. The summed E-state index contributed by atoms with van der Waals surface area (Å²) in [4.78, 5) is 23.6. The first-order valence-electron chi connectivity index (χ1n) is 6.77. The predicted octanol–water partition coefficient (Wildman–Crippen LogP) is 3.53. The molecular formula is C16H12Cl3N3O2. The van der Waals surface area contributed by atoms with Crippen molar-refractivity contribution in [1.29, 1.82) is 0 Å². The van der Waals surface area contributed by atoms with Gasteiger partial charge in [0.25, 0.3) is 11.8 Å². The number of nitrogens with one attached hydrogen (secondary N) is 2. The number of nitrogens with zero attached hydrogens (tertiary/aromatic N) is 1. The van der Waals surface area contributed by atoms with E-state index in [1.807, 2.05) is 0 Å². The van der Waals surface area contributed by atoms with Crippen LogP contribution >= 0.6 is 34.8 Å². The van der Waals surface area contributed by atoms with Crippen LogP contribution in [-0.4, -0.2) is 24.6 Å². The third-order valence-corrected chi connectivity index (χ3v) is 3.90. The van der Waals surface area contributed by atoms with Crippen LogP contribution in [0.15, 0.2) is 47.6 Å². The Bertz CT molecular complexity index is 774. The fourth-order valence-corrected chi connectivity index (χ4v) is 2.46. The number of amides is 2. The average Bonchev–Trinajstić information content (AvgIpc) is 2.56. The Morgan fingerprint density at radius 3 is 2.25 bits per heavy atom. The van der Waals surface area contributed by atoms with Gasteiger partial charge in [-0.1, -0.05) is 53.0 Å². The van der Waals surface area contributed by atoms with Crippen LogP contribution in [0.3, 0.4) is 0 Å². The van der Waals surface area contributed by atoms with Gasteiger partial charge in [-0.2, -0.15) is 5.10 Å². The van der Waals surface area contributed by atoms with Crippen molar-refractivity contribution >= 4 is 52.8 Å². The van der Waals surface area contributed by atoms with Crippen molar-refractivity contribution in [3.63, 3.8) is 0 Å². The van der Waals surface area contributed by atoms with Crippen LogP contribution < -0.4 is 10.7 Å². The van der Waals surface area contributed by atoms with Gasteiger partial charge in [0, 0.05) is 5.56 Å². The maximum absolute atomic E-state index is 11.9. The highest BCUT2D eigenvalue weighted by Gasteiger charge is 2.10. The maximum Gasteiger partial charge on any atom is 0.259 e. The normalized spacial score (nSPS) is 10.6. The van der Waals surface area contributed by atoms with Crippen LogP contribution in [-0.2, 0) is 4.79 Å². The third-order valence-electron chi connectivity index (χ3n) is 2.91. The number of rotatable bonds is 5. The van der Waals surface area contributed by atoms with Gasteiger partial charge < -0.3 is 5.32 Å². The van der Waals surface area contributed by atoms with Gasteiger partial charge in [-0.3, -0.25) is 9.59 Å². The van der Waals surface area contributed by atoms with E-state index in [9.17, 15) is 9.59 Å². The Kier molecular flexibility index (Phi) is 6.61. The minimum absolute atomic E-state index is 0.252. The van der Waals surface area contributed by atoms with Gasteiger partial charge in [0.2, 0.25) is 0 Å². The zero-order valence-electron chi connectivity index (χ0n) is 12.2. The van der Waals surface area contributed by atoms with E-state index in [1.54, 1.807) is 42.5 Å². The second kappa shape index (κ2) is 8.68. The lowest BCUT2D eigenvalue weighted by molar-refractivity contribution is -0.120. The molecule has 0 saturated carbocycles. The molecule has 0 bridgehead atoms. The van der Waals surface area contributed by atoms with Crippen LogP contribution in [0.5, 0.6) is 0 Å². The van der Waals surface area contributed by atoms with Gasteiger partial charge in [-0.25, -0.2) is 5.43 Å². The lowest BCUT2D eigenvalue weighted by atomic mass is 10.2. The summed E-state index contributed by atoms with van der Waals surface area (Å²) in [6.07, 6.45) is 1.33. The largest absolute Gasteiger partial charge is 0.343 e. The SMILES string of the molecule is O=C(CNC(=O)c1ccccc1Cl)N/N=C/c1c(Cl)cccc1Cl. The number of hydrogen-bond donors (Lipinski definition) is 2. The maximum atomic E-state index is 11.9. The first-order chi connectivity index (χ1) is 11.5. The first kappa shape index (κ1) is 18.3. The number of hydrogen-bond acceptors (Lipinski definition) is 3. The molecule has 0 saturated heterocycles. The van der Waals surface area contributed by atoms with Gasteiger partial charge in [-0.05, 0) is 24.3 Å². The van der Waals surface area contributed by atoms with Crippen LogP contribution in [0.1, 0.15) is 15.9 Å². The summed E-state index contributed by atoms with van der Waals surface area (Å²) in [5, 5.41) is 7.34. The van der Waals surface area contributed by atoms with E-state index in [0.29, 0.717) is 26.2 Å². The molecule has 0 aromatic heterocycles. The quantitative estimate of drug-likeness (QED) is 0.611. The summed E-state index contributed by atoms with van der Waals surface area (Å²) in [6, 6.07) is 11.5. The number of carbonyl (C=O) groups is 2. The van der Waals surface area contributed by atoms with Gasteiger partial charge in [0.05, 0.1) is 33.4 Å². The van der Waals surface area contributed by atoms with Gasteiger partial charge >= 0.3 is 0 Å². The lowest BCUT2D eigenvalue weighted by Gasteiger charge is -2.05. The molecule has 0 heterocycles. The van der Waals surface area contributed by atoms with Gasteiger partial charge in [0.15, 0.2) is 0 Å². The summed E-state index contributed by atoms with van der Waals surface area (Å²) in [7, 11) is 0. The zero-order valence-corrected chi connectivity index (χ0v) is 14.5. The molecular weight excluding hydrogens is 373 g/mol. The summed E-state index contributed by atoms with van der Waals surface area (Å²) in [5.41, 5.74) is 3.05. The van der Waals surface area contributed by atoms with Gasteiger partial charge in [0.1, 0.15) is 0 Å². The minimum atomic E-state index is -0.505. The second-order valence-corrected chi connectivity index (χ2v) is 5.81. The Labute approximate surface area is 153 Å². The van der Waals surface area contributed by atoms with Crippen LogP contribution in [0, 0.1) is 0 Å². The molecule has 2 N–H and O–H groups in total. The summed E-state index contributed by atoms with van der Waals surface area (Å²) < 4.78 is 0. The first-order valence-corrected chi connectivity index (χ1v) is 7.91. The molecule has 2 rings (SSSR count). The van der Waals surface area contributed by atoms with E-state index >= 15 is 0 Å². The van der Waals surface area contributed by atoms with Crippen molar-refractivity contribution in [2.24, 2.45) is 5.10 Å². The summed E-state index contributed by atoms with van der Waals surface area (Å²) in [5.74, 6) is -0.955. The zero-order chi connectivity index (χ0) is 17.5. The second-order valence-electron chi connectivity index (χ2n) is 4.59. The van der Waals surface area contributed by atoms with E-state index in [4.69, 9.17) is 34.8 Å². The number of benzene rings is 2. The van der Waals surface area contributed by atoms with Crippen molar-refractivity contribution in [2.45, 2.75) is 0 Å². The number of halogens is 3. The molecule has 0 aliphatic carbocycles. The highest BCUT2D eigenvalue weighted by molar-refractivity contribution is 6.38. The molecule has 2 aromatic rings. The van der Waals surface area contributed by atoms with Crippen LogP contribution in [0.4, 0.5) is 0 Å². The molecule has 24 heavy (non-hydrogen) atoms. The fourth-order valence-electron chi connectivity index (χ4n) is 1.74. The summed E-state index contributed by atoms with van der Waals surface area (Å²) >= 11 is 17.9. The molecule has 0 aliphatic heterocycles.